The summed E-state index contributed by atoms with van der Waals surface area (Å²) < 4.78 is 11.1. The molecule has 0 N–H and O–H groups in total. The van der Waals surface area contributed by atoms with E-state index in [1.165, 1.54) is 5.56 Å². The Labute approximate surface area is 78.5 Å². The van der Waals surface area contributed by atoms with Gasteiger partial charge in [-0.25, -0.2) is 0 Å². The molecule has 1 aromatic rings. The van der Waals surface area contributed by atoms with Crippen LogP contribution in [0.2, 0.25) is 0 Å². The van der Waals surface area contributed by atoms with Crippen LogP contribution in [-0.4, -0.2) is 13.2 Å². The van der Waals surface area contributed by atoms with Gasteiger partial charge < -0.3 is 9.47 Å². The number of hydrogen-bond acceptors (Lipinski definition) is 2. The molecule has 0 aliphatic carbocycles. The topological polar surface area (TPSA) is 18.5 Å². The van der Waals surface area contributed by atoms with E-state index in [2.05, 4.69) is 6.42 Å². The Bertz CT molecular complexity index is 294. The minimum absolute atomic E-state index is 0.750. The molecule has 2 nitrogen and oxygen atoms in total. The van der Waals surface area contributed by atoms with Crippen molar-refractivity contribution in [2.75, 3.05) is 13.2 Å². The van der Waals surface area contributed by atoms with Crippen LogP contribution < -0.4 is 9.47 Å². The second-order valence-corrected chi connectivity index (χ2v) is 3.05. The molecule has 13 heavy (non-hydrogen) atoms. The molecule has 2 rings (SSSR count). The first-order valence-corrected chi connectivity index (χ1v) is 4.59. The zero-order valence-corrected chi connectivity index (χ0v) is 7.75. The predicted octanol–water partition coefficient (Wildman–Crippen LogP) is 2.42. The molecule has 0 spiro atoms. The molecule has 69 valence electrons. The van der Waals surface area contributed by atoms with Crippen molar-refractivity contribution in [3.8, 4) is 11.5 Å². The van der Waals surface area contributed by atoms with Gasteiger partial charge in [0.1, 0.15) is 0 Å². The summed E-state index contributed by atoms with van der Waals surface area (Å²) in [6, 6.07) is 6.02. The molecule has 1 radical (unpaired) electrons. The molecule has 0 amide bonds. The van der Waals surface area contributed by atoms with E-state index in [0.29, 0.717) is 0 Å². The van der Waals surface area contributed by atoms with E-state index < -0.39 is 0 Å². The van der Waals surface area contributed by atoms with Gasteiger partial charge in [0.25, 0.3) is 0 Å². The molecule has 1 heterocycles. The Balaban J connectivity index is 2.32. The predicted molar refractivity (Wildman–Crippen MR) is 51.1 cm³/mol. The molecule has 0 fully saturated rings. The minimum Gasteiger partial charge on any atom is -0.490 e. The van der Waals surface area contributed by atoms with E-state index in [9.17, 15) is 0 Å². The molecule has 0 aromatic heterocycles. The largest absolute Gasteiger partial charge is 0.490 e. The molecule has 0 saturated heterocycles. The third kappa shape index (κ3) is 1.77. The van der Waals surface area contributed by atoms with Crippen LogP contribution in [-0.2, 0) is 0 Å². The van der Waals surface area contributed by atoms with Crippen molar-refractivity contribution in [1.82, 2.24) is 0 Å². The summed E-state index contributed by atoms with van der Waals surface area (Å²) in [5.41, 5.74) is 1.17. The van der Waals surface area contributed by atoms with Crippen molar-refractivity contribution in [3.63, 3.8) is 0 Å². The van der Waals surface area contributed by atoms with Crippen LogP contribution in [0, 0.1) is 6.42 Å². The third-order valence-electron chi connectivity index (χ3n) is 2.10. The summed E-state index contributed by atoms with van der Waals surface area (Å²) in [5.74, 6) is 1.73. The van der Waals surface area contributed by atoms with Gasteiger partial charge in [-0.05, 0) is 24.1 Å². The highest BCUT2D eigenvalue weighted by Gasteiger charge is 2.09. The SMILES string of the molecule is C[CH]c1ccc2c(c1)OCCCO2. The monoisotopic (exact) mass is 177 g/mol. The standard InChI is InChI=1S/C11H13O2/c1-2-9-4-5-10-11(8-9)13-7-3-6-12-10/h2,4-5,8H,3,6-7H2,1H3. The van der Waals surface area contributed by atoms with Gasteiger partial charge in [-0.1, -0.05) is 13.0 Å². The zero-order chi connectivity index (χ0) is 9.10. The van der Waals surface area contributed by atoms with Gasteiger partial charge in [-0.15, -0.1) is 0 Å². The van der Waals surface area contributed by atoms with Crippen LogP contribution in [0.5, 0.6) is 11.5 Å². The maximum atomic E-state index is 5.55. The molecular weight excluding hydrogens is 164 g/mol. The average molecular weight is 177 g/mol. The molecule has 0 saturated carbocycles. The number of rotatable bonds is 1. The lowest BCUT2D eigenvalue weighted by atomic mass is 10.1. The van der Waals surface area contributed by atoms with Gasteiger partial charge >= 0.3 is 0 Å². The van der Waals surface area contributed by atoms with Crippen molar-refractivity contribution < 1.29 is 9.47 Å². The van der Waals surface area contributed by atoms with Crippen LogP contribution >= 0.6 is 0 Å². The Hall–Kier alpha value is -1.18. The molecule has 1 aliphatic rings. The molecule has 0 bridgehead atoms. The maximum absolute atomic E-state index is 5.55. The van der Waals surface area contributed by atoms with Gasteiger partial charge in [-0.2, -0.15) is 0 Å². The lowest BCUT2D eigenvalue weighted by Gasteiger charge is -2.07. The van der Waals surface area contributed by atoms with E-state index in [-0.39, 0.29) is 0 Å². The summed E-state index contributed by atoms with van der Waals surface area (Å²) in [6.45, 7) is 3.52. The number of fused-ring (bicyclic) bond motifs is 1. The maximum Gasteiger partial charge on any atom is 0.161 e. The third-order valence-corrected chi connectivity index (χ3v) is 2.10. The van der Waals surface area contributed by atoms with Crippen molar-refractivity contribution in [2.45, 2.75) is 13.3 Å². The lowest BCUT2D eigenvalue weighted by Crippen LogP contribution is -1.97. The van der Waals surface area contributed by atoms with Crippen molar-refractivity contribution in [3.05, 3.63) is 30.2 Å². The zero-order valence-electron chi connectivity index (χ0n) is 7.75. The van der Waals surface area contributed by atoms with E-state index in [1.807, 2.05) is 25.1 Å². The van der Waals surface area contributed by atoms with Crippen LogP contribution in [0.3, 0.4) is 0 Å². The summed E-state index contributed by atoms with van der Waals surface area (Å²) >= 11 is 0. The van der Waals surface area contributed by atoms with Gasteiger partial charge in [0, 0.05) is 6.42 Å². The fourth-order valence-corrected chi connectivity index (χ4v) is 1.36. The first-order chi connectivity index (χ1) is 6.40. The summed E-state index contributed by atoms with van der Waals surface area (Å²) in [4.78, 5) is 0. The van der Waals surface area contributed by atoms with Gasteiger partial charge in [0.15, 0.2) is 11.5 Å². The Kier molecular flexibility index (Phi) is 2.39. The molecule has 1 aliphatic heterocycles. The van der Waals surface area contributed by atoms with E-state index in [4.69, 9.17) is 9.47 Å². The fraction of sp³-hybridized carbons (Fsp3) is 0.364. The van der Waals surface area contributed by atoms with Crippen LogP contribution in [0.1, 0.15) is 18.9 Å². The lowest BCUT2D eigenvalue weighted by molar-refractivity contribution is 0.297. The first kappa shape index (κ1) is 8.42. The average Bonchev–Trinajstić information content (AvgIpc) is 2.41. The van der Waals surface area contributed by atoms with Crippen molar-refractivity contribution in [1.29, 1.82) is 0 Å². The molecule has 0 atom stereocenters. The van der Waals surface area contributed by atoms with Gasteiger partial charge in [-0.3, -0.25) is 0 Å². The number of benzene rings is 1. The minimum atomic E-state index is 0.750. The smallest absolute Gasteiger partial charge is 0.161 e. The second-order valence-electron chi connectivity index (χ2n) is 3.05. The van der Waals surface area contributed by atoms with E-state index >= 15 is 0 Å². The molecule has 1 aromatic carbocycles. The highest BCUT2D eigenvalue weighted by Crippen LogP contribution is 2.30. The molecular formula is C11H13O2. The summed E-state index contributed by atoms with van der Waals surface area (Å²) in [6.07, 6.45) is 3.01. The van der Waals surface area contributed by atoms with Crippen LogP contribution in [0.4, 0.5) is 0 Å². The Morgan fingerprint density at radius 1 is 1.15 bits per heavy atom. The highest BCUT2D eigenvalue weighted by molar-refractivity contribution is 5.45. The van der Waals surface area contributed by atoms with Gasteiger partial charge in [0.2, 0.25) is 0 Å². The van der Waals surface area contributed by atoms with E-state index in [0.717, 1.165) is 31.1 Å². The van der Waals surface area contributed by atoms with E-state index in [1.54, 1.807) is 0 Å². The summed E-state index contributed by atoms with van der Waals surface area (Å²) in [7, 11) is 0. The molecule has 0 unspecified atom stereocenters. The van der Waals surface area contributed by atoms with Crippen molar-refractivity contribution >= 4 is 0 Å². The Morgan fingerprint density at radius 3 is 2.69 bits per heavy atom. The number of ether oxygens (including phenoxy) is 2. The molecule has 2 heteroatoms. The highest BCUT2D eigenvalue weighted by atomic mass is 16.5. The van der Waals surface area contributed by atoms with Crippen LogP contribution in [0.25, 0.3) is 0 Å². The fourth-order valence-electron chi connectivity index (χ4n) is 1.36. The Morgan fingerprint density at radius 2 is 1.92 bits per heavy atom. The number of hydrogen-bond donors (Lipinski definition) is 0. The van der Waals surface area contributed by atoms with Crippen LogP contribution in [0.15, 0.2) is 18.2 Å². The second kappa shape index (κ2) is 3.69. The quantitative estimate of drug-likeness (QED) is 0.655. The van der Waals surface area contributed by atoms with Crippen molar-refractivity contribution in [2.24, 2.45) is 0 Å². The van der Waals surface area contributed by atoms with Gasteiger partial charge in [0.05, 0.1) is 13.2 Å². The normalized spacial score (nSPS) is 15.2. The summed E-state index contributed by atoms with van der Waals surface area (Å²) in [5, 5.41) is 0. The first-order valence-electron chi connectivity index (χ1n) is 4.59.